The van der Waals surface area contributed by atoms with E-state index in [1.54, 1.807) is 0 Å². The molecule has 0 amide bonds. The lowest BCUT2D eigenvalue weighted by molar-refractivity contribution is 0.118. The number of alkyl halides is 2. The molecule has 1 unspecified atom stereocenters. The summed E-state index contributed by atoms with van der Waals surface area (Å²) in [5.41, 5.74) is 1.23. The molecule has 0 aromatic carbocycles. The summed E-state index contributed by atoms with van der Waals surface area (Å²) in [7, 11) is 0. The monoisotopic (exact) mass is 222 g/mol. The predicted octanol–water partition coefficient (Wildman–Crippen LogP) is 3.55. The van der Waals surface area contributed by atoms with Gasteiger partial charge in [0.05, 0.1) is 13.2 Å². The zero-order valence-corrected chi connectivity index (χ0v) is 9.87. The Bertz CT molecular complexity index is 219. The molecule has 0 saturated heterocycles. The predicted molar refractivity (Wildman–Crippen MR) is 57.4 cm³/mol. The van der Waals surface area contributed by atoms with Gasteiger partial charge in [0.25, 0.3) is 0 Å². The number of rotatable bonds is 4. The van der Waals surface area contributed by atoms with Gasteiger partial charge in [-0.3, -0.25) is 0 Å². The van der Waals surface area contributed by atoms with Crippen molar-refractivity contribution >= 4 is 23.2 Å². The molecular formula is C10H16Cl2O. The third-order valence-electron chi connectivity index (χ3n) is 2.40. The summed E-state index contributed by atoms with van der Waals surface area (Å²) < 4.78 is 4.90. The second kappa shape index (κ2) is 3.80. The molecule has 0 spiro atoms. The van der Waals surface area contributed by atoms with Crippen molar-refractivity contribution in [3.63, 3.8) is 0 Å². The maximum absolute atomic E-state index is 5.96. The van der Waals surface area contributed by atoms with Crippen LogP contribution in [0.5, 0.6) is 0 Å². The molecule has 76 valence electrons. The standard InChI is InChI=1S/C10H16Cl2O/c1-8(2)4-5-13-7-9(3)6-10(9,11)12/h4H,5-7H2,1-3H3. The summed E-state index contributed by atoms with van der Waals surface area (Å²) in [6.45, 7) is 7.45. The first-order valence-electron chi connectivity index (χ1n) is 4.46. The van der Waals surface area contributed by atoms with E-state index in [0.717, 1.165) is 6.42 Å². The van der Waals surface area contributed by atoms with E-state index in [0.29, 0.717) is 13.2 Å². The molecule has 1 nitrogen and oxygen atoms in total. The molecule has 1 saturated carbocycles. The lowest BCUT2D eigenvalue weighted by atomic mass is 10.2. The van der Waals surface area contributed by atoms with Crippen LogP contribution in [0.3, 0.4) is 0 Å². The van der Waals surface area contributed by atoms with Crippen LogP contribution < -0.4 is 0 Å². The first kappa shape index (κ1) is 11.4. The molecule has 0 bridgehead atoms. The minimum atomic E-state index is -0.558. The molecule has 13 heavy (non-hydrogen) atoms. The van der Waals surface area contributed by atoms with Crippen molar-refractivity contribution in [2.24, 2.45) is 5.41 Å². The van der Waals surface area contributed by atoms with E-state index in [-0.39, 0.29) is 5.41 Å². The highest BCUT2D eigenvalue weighted by Crippen LogP contribution is 2.63. The molecule has 1 atom stereocenters. The molecule has 0 radical (unpaired) electrons. The molecule has 1 aliphatic rings. The third kappa shape index (κ3) is 2.87. The Balaban J connectivity index is 2.19. The fraction of sp³-hybridized carbons (Fsp3) is 0.800. The molecule has 0 aliphatic heterocycles. The average Bonchev–Trinajstić information content (AvgIpc) is 2.44. The normalized spacial score (nSPS) is 29.9. The van der Waals surface area contributed by atoms with Crippen molar-refractivity contribution in [3.05, 3.63) is 11.6 Å². The summed E-state index contributed by atoms with van der Waals surface area (Å²) in [4.78, 5) is 0. The summed E-state index contributed by atoms with van der Waals surface area (Å²) >= 11 is 11.9. The Morgan fingerprint density at radius 3 is 2.38 bits per heavy atom. The Hall–Kier alpha value is 0.280. The molecule has 0 aromatic rings. The Kier molecular flexibility index (Phi) is 3.32. The Labute approximate surface area is 90.0 Å². The second-order valence-electron chi connectivity index (χ2n) is 4.24. The molecule has 1 fully saturated rings. The van der Waals surface area contributed by atoms with E-state index in [1.807, 2.05) is 0 Å². The van der Waals surface area contributed by atoms with E-state index >= 15 is 0 Å². The van der Waals surface area contributed by atoms with Crippen molar-refractivity contribution < 1.29 is 4.74 Å². The third-order valence-corrected chi connectivity index (χ3v) is 3.58. The van der Waals surface area contributed by atoms with Crippen LogP contribution in [0.15, 0.2) is 11.6 Å². The van der Waals surface area contributed by atoms with Gasteiger partial charge < -0.3 is 4.74 Å². The van der Waals surface area contributed by atoms with Crippen LogP contribution in [-0.4, -0.2) is 17.5 Å². The molecular weight excluding hydrogens is 207 g/mol. The largest absolute Gasteiger partial charge is 0.377 e. The highest BCUT2D eigenvalue weighted by atomic mass is 35.5. The first-order valence-corrected chi connectivity index (χ1v) is 5.22. The molecule has 0 aromatic heterocycles. The van der Waals surface area contributed by atoms with Gasteiger partial charge in [0, 0.05) is 5.41 Å². The van der Waals surface area contributed by atoms with E-state index in [1.165, 1.54) is 5.57 Å². The number of halogens is 2. The van der Waals surface area contributed by atoms with E-state index in [9.17, 15) is 0 Å². The van der Waals surface area contributed by atoms with Crippen molar-refractivity contribution in [2.45, 2.75) is 31.5 Å². The second-order valence-corrected chi connectivity index (χ2v) is 5.72. The van der Waals surface area contributed by atoms with Gasteiger partial charge in [-0.2, -0.15) is 0 Å². The van der Waals surface area contributed by atoms with Crippen LogP contribution in [0.2, 0.25) is 0 Å². The molecule has 3 heteroatoms. The number of allylic oxidation sites excluding steroid dienone is 1. The SMILES string of the molecule is CC(C)=CCOCC1(C)CC1(Cl)Cl. The quantitative estimate of drug-likeness (QED) is 0.402. The maximum Gasteiger partial charge on any atom is 0.126 e. The maximum atomic E-state index is 5.96. The van der Waals surface area contributed by atoms with Gasteiger partial charge in [-0.05, 0) is 20.3 Å². The average molecular weight is 223 g/mol. The van der Waals surface area contributed by atoms with Crippen LogP contribution in [0.25, 0.3) is 0 Å². The van der Waals surface area contributed by atoms with Gasteiger partial charge in [-0.1, -0.05) is 18.6 Å². The van der Waals surface area contributed by atoms with Gasteiger partial charge in [0.1, 0.15) is 4.33 Å². The van der Waals surface area contributed by atoms with E-state index < -0.39 is 4.33 Å². The van der Waals surface area contributed by atoms with Gasteiger partial charge in [-0.15, -0.1) is 23.2 Å². The first-order chi connectivity index (χ1) is 5.87. The smallest absolute Gasteiger partial charge is 0.126 e. The van der Waals surface area contributed by atoms with Crippen LogP contribution in [0, 0.1) is 5.41 Å². The van der Waals surface area contributed by atoms with Crippen molar-refractivity contribution in [2.75, 3.05) is 13.2 Å². The van der Waals surface area contributed by atoms with E-state index in [2.05, 4.69) is 26.8 Å². The van der Waals surface area contributed by atoms with Crippen molar-refractivity contribution in [1.82, 2.24) is 0 Å². The summed E-state index contributed by atoms with van der Waals surface area (Å²) in [5.74, 6) is 0. The van der Waals surface area contributed by atoms with Gasteiger partial charge in [-0.25, -0.2) is 0 Å². The lowest BCUT2D eigenvalue weighted by Gasteiger charge is -2.11. The lowest BCUT2D eigenvalue weighted by Crippen LogP contribution is -2.13. The number of hydrogen-bond donors (Lipinski definition) is 0. The number of ether oxygens (including phenoxy) is 1. The zero-order valence-electron chi connectivity index (χ0n) is 8.36. The summed E-state index contributed by atoms with van der Waals surface area (Å²) in [6, 6.07) is 0. The van der Waals surface area contributed by atoms with E-state index in [4.69, 9.17) is 27.9 Å². The van der Waals surface area contributed by atoms with Crippen LogP contribution in [0.1, 0.15) is 27.2 Å². The Morgan fingerprint density at radius 1 is 1.46 bits per heavy atom. The molecule has 1 rings (SSSR count). The molecule has 0 N–H and O–H groups in total. The van der Waals surface area contributed by atoms with Crippen LogP contribution in [-0.2, 0) is 4.74 Å². The Morgan fingerprint density at radius 2 is 2.00 bits per heavy atom. The van der Waals surface area contributed by atoms with Crippen molar-refractivity contribution in [3.8, 4) is 0 Å². The van der Waals surface area contributed by atoms with Gasteiger partial charge in [0.2, 0.25) is 0 Å². The minimum Gasteiger partial charge on any atom is -0.377 e. The minimum absolute atomic E-state index is 0.0361. The number of hydrogen-bond acceptors (Lipinski definition) is 1. The van der Waals surface area contributed by atoms with Crippen LogP contribution in [0.4, 0.5) is 0 Å². The molecule has 1 aliphatic carbocycles. The van der Waals surface area contributed by atoms with Crippen LogP contribution >= 0.6 is 23.2 Å². The highest BCUT2D eigenvalue weighted by molar-refractivity contribution is 6.51. The molecule has 0 heterocycles. The summed E-state index contributed by atoms with van der Waals surface area (Å²) in [5, 5.41) is 0. The van der Waals surface area contributed by atoms with Gasteiger partial charge >= 0.3 is 0 Å². The highest BCUT2D eigenvalue weighted by Gasteiger charge is 2.62. The zero-order chi connectivity index (χ0) is 10.1. The summed E-state index contributed by atoms with van der Waals surface area (Å²) in [6.07, 6.45) is 2.88. The fourth-order valence-electron chi connectivity index (χ4n) is 1.11. The fourth-order valence-corrected chi connectivity index (χ4v) is 1.81. The van der Waals surface area contributed by atoms with Crippen molar-refractivity contribution in [1.29, 1.82) is 0 Å². The topological polar surface area (TPSA) is 9.23 Å². The van der Waals surface area contributed by atoms with Gasteiger partial charge in [0.15, 0.2) is 0 Å².